The topological polar surface area (TPSA) is 105 Å². The van der Waals surface area contributed by atoms with Gasteiger partial charge >= 0.3 is 0 Å². The van der Waals surface area contributed by atoms with Crippen LogP contribution < -0.4 is 5.32 Å². The average molecular weight is 1190 g/mol. The molecule has 6 aromatic rings. The van der Waals surface area contributed by atoms with Crippen LogP contribution in [0.1, 0.15) is 188 Å². The zero-order valence-corrected chi connectivity index (χ0v) is 52.5. The fourth-order valence-electron chi connectivity index (χ4n) is 12.1. The third-order valence-corrected chi connectivity index (χ3v) is 17.2. The van der Waals surface area contributed by atoms with Crippen molar-refractivity contribution in [2.24, 2.45) is 5.92 Å². The first-order valence-corrected chi connectivity index (χ1v) is 33.5. The summed E-state index contributed by atoms with van der Waals surface area (Å²) in [5.41, 5.74) is 6.33. The third kappa shape index (κ3) is 27.0. The predicted molar refractivity (Wildman–Crippen MR) is 349 cm³/mol. The van der Waals surface area contributed by atoms with E-state index in [1.807, 2.05) is 103 Å². The highest BCUT2D eigenvalue weighted by atomic mass is 19.1. The van der Waals surface area contributed by atoms with Gasteiger partial charge in [-0.1, -0.05) is 286 Å². The summed E-state index contributed by atoms with van der Waals surface area (Å²) in [5, 5.41) is 14.9. The van der Waals surface area contributed by atoms with Crippen molar-refractivity contribution in [3.8, 4) is 0 Å². The summed E-state index contributed by atoms with van der Waals surface area (Å²) in [6.07, 6.45) is 22.7. The van der Waals surface area contributed by atoms with Gasteiger partial charge in [0.1, 0.15) is 24.1 Å². The first-order chi connectivity index (χ1) is 42.9. The van der Waals surface area contributed by atoms with E-state index in [-0.39, 0.29) is 37.0 Å². The second kappa shape index (κ2) is 42.4. The van der Waals surface area contributed by atoms with Crippen LogP contribution in [-0.4, -0.2) is 66.9 Å². The Morgan fingerprint density at radius 2 is 0.874 bits per heavy atom. The largest absolute Gasteiger partial charge is 0.396 e. The first-order valence-electron chi connectivity index (χ1n) is 33.5. The fourth-order valence-corrected chi connectivity index (χ4v) is 12.1. The van der Waals surface area contributed by atoms with Crippen LogP contribution >= 0.6 is 0 Å². The number of hydrogen-bond acceptors (Lipinski definition) is 8. The van der Waals surface area contributed by atoms with E-state index in [2.05, 4.69) is 72.9 Å². The highest BCUT2D eigenvalue weighted by Gasteiger charge is 2.48. The van der Waals surface area contributed by atoms with E-state index >= 15 is 0 Å². The summed E-state index contributed by atoms with van der Waals surface area (Å²) in [7, 11) is 0. The predicted octanol–water partition coefficient (Wildman–Crippen LogP) is 17.8. The van der Waals surface area contributed by atoms with Crippen molar-refractivity contribution in [3.63, 3.8) is 0 Å². The number of aryl methyl sites for hydroxylation is 1. The highest BCUT2D eigenvalue weighted by Crippen LogP contribution is 2.36. The lowest BCUT2D eigenvalue weighted by molar-refractivity contribution is -0.233. The van der Waals surface area contributed by atoms with Gasteiger partial charge in [-0.3, -0.25) is 4.79 Å². The van der Waals surface area contributed by atoms with E-state index in [1.54, 1.807) is 12.1 Å². The molecule has 87 heavy (non-hydrogen) atoms. The molecule has 0 aliphatic heterocycles. The van der Waals surface area contributed by atoms with Gasteiger partial charge in [0.2, 0.25) is 5.91 Å². The Hall–Kier alpha value is -5.56. The Morgan fingerprint density at radius 1 is 0.460 bits per heavy atom. The summed E-state index contributed by atoms with van der Waals surface area (Å²) in [6, 6.07) is 57.2. The van der Waals surface area contributed by atoms with Crippen molar-refractivity contribution in [1.82, 2.24) is 5.32 Å². The number of carbonyl (C=O) groups excluding carboxylic acids is 1. The fraction of sp³-hybridized carbons (Fsp3) is 0.519. The molecule has 0 heterocycles. The lowest BCUT2D eigenvalue weighted by Gasteiger charge is -2.46. The molecule has 1 aliphatic carbocycles. The number of hydrogen-bond donors (Lipinski definition) is 2. The number of amides is 1. The maximum absolute atomic E-state index is 14.6. The summed E-state index contributed by atoms with van der Waals surface area (Å²) in [5.74, 6) is -0.592. The van der Waals surface area contributed by atoms with Crippen LogP contribution in [-0.2, 0) is 72.7 Å². The van der Waals surface area contributed by atoms with Crippen LogP contribution in [0.3, 0.4) is 0 Å². The Bertz CT molecular complexity index is 2630. The number of ether oxygens (including phenoxy) is 6. The smallest absolute Gasteiger partial charge is 0.220 e. The number of rotatable bonds is 46. The molecule has 0 radical (unpaired) electrons. The Morgan fingerprint density at radius 3 is 1.36 bits per heavy atom. The number of nitrogens with one attached hydrogen (secondary N) is 1. The first kappa shape index (κ1) is 68.9. The quantitative estimate of drug-likeness (QED) is 0.0364. The number of halogens is 1. The van der Waals surface area contributed by atoms with Gasteiger partial charge in [0, 0.05) is 18.9 Å². The molecular formula is C77H104FNO8. The van der Waals surface area contributed by atoms with E-state index in [4.69, 9.17) is 28.4 Å². The van der Waals surface area contributed by atoms with E-state index in [1.165, 1.54) is 76.2 Å². The van der Waals surface area contributed by atoms with Crippen molar-refractivity contribution < 1.29 is 42.7 Å². The van der Waals surface area contributed by atoms with Gasteiger partial charge in [-0.25, -0.2) is 4.39 Å². The standard InChI is InChI=1S/C77H104FNO8/c1-2-3-4-5-6-7-8-9-10-14-17-35-48-71(82-56-63-38-25-19-26-39-63)75(85-58-65-42-29-21-30-43-65)70(79-73(81)49-36-18-15-12-11-13-16-24-37-62-50-52-69(78)53-51-62)61-83-72-54-68(55-80)74(84-57-64-40-27-20-28-41-64)77(87-60-67-46-33-23-34-47-67)76(72)86-59-66-44-31-22-32-45-66/h19-23,25-34,38-47,50-53,68,70-72,74-77,80H,2-18,24,35-37,48-49,54-61H2,1H3,(H,79,81)/t68-,70+,71-,72+,74+,75+,76+,77+/m1/s1. The van der Waals surface area contributed by atoms with Crippen molar-refractivity contribution in [3.05, 3.63) is 215 Å². The Labute approximate surface area is 522 Å². The Balaban J connectivity index is 1.12. The molecule has 1 saturated carbocycles. The second-order valence-electron chi connectivity index (χ2n) is 24.2. The van der Waals surface area contributed by atoms with Crippen LogP contribution in [0, 0.1) is 11.7 Å². The molecule has 8 atom stereocenters. The van der Waals surface area contributed by atoms with Gasteiger partial charge in [-0.2, -0.15) is 0 Å². The minimum atomic E-state index is -0.638. The van der Waals surface area contributed by atoms with Crippen molar-refractivity contribution >= 4 is 5.91 Å². The molecule has 10 heteroatoms. The summed E-state index contributed by atoms with van der Waals surface area (Å²) in [4.78, 5) is 14.6. The van der Waals surface area contributed by atoms with Crippen LogP contribution in [0.25, 0.3) is 0 Å². The van der Waals surface area contributed by atoms with E-state index in [9.17, 15) is 14.3 Å². The highest BCUT2D eigenvalue weighted by molar-refractivity contribution is 5.76. The average Bonchev–Trinajstić information content (AvgIpc) is 3.49. The zero-order valence-electron chi connectivity index (χ0n) is 52.5. The van der Waals surface area contributed by atoms with Crippen LogP contribution in [0.4, 0.5) is 4.39 Å². The van der Waals surface area contributed by atoms with Gasteiger partial charge in [0.15, 0.2) is 0 Å². The van der Waals surface area contributed by atoms with Gasteiger partial charge in [-0.05, 0) is 77.6 Å². The Kier molecular flexibility index (Phi) is 33.6. The molecule has 0 spiro atoms. The summed E-state index contributed by atoms with van der Waals surface area (Å²) in [6.45, 7) is 3.89. The molecule has 1 fully saturated rings. The molecule has 9 nitrogen and oxygen atoms in total. The normalized spacial score (nSPS) is 17.9. The van der Waals surface area contributed by atoms with Gasteiger partial charge in [-0.15, -0.1) is 0 Å². The maximum Gasteiger partial charge on any atom is 0.220 e. The number of carbonyl (C=O) groups is 1. The van der Waals surface area contributed by atoms with Gasteiger partial charge < -0.3 is 38.8 Å². The molecular weight excluding hydrogens is 1090 g/mol. The molecule has 7 rings (SSSR count). The molecule has 6 aromatic carbocycles. The molecule has 0 bridgehead atoms. The zero-order chi connectivity index (χ0) is 60.6. The van der Waals surface area contributed by atoms with Gasteiger partial charge in [0.25, 0.3) is 0 Å². The van der Waals surface area contributed by atoms with Crippen molar-refractivity contribution in [2.45, 2.75) is 237 Å². The monoisotopic (exact) mass is 1190 g/mol. The van der Waals surface area contributed by atoms with Crippen molar-refractivity contribution in [2.75, 3.05) is 13.2 Å². The third-order valence-electron chi connectivity index (χ3n) is 17.2. The second-order valence-corrected chi connectivity index (χ2v) is 24.2. The molecule has 2 N–H and O–H groups in total. The van der Waals surface area contributed by atoms with E-state index in [0.717, 1.165) is 98.4 Å². The van der Waals surface area contributed by atoms with E-state index < -0.39 is 36.6 Å². The molecule has 0 saturated heterocycles. The number of benzene rings is 6. The molecule has 0 unspecified atom stereocenters. The van der Waals surface area contributed by atoms with Crippen LogP contribution in [0.2, 0.25) is 0 Å². The number of unbranched alkanes of at least 4 members (excludes halogenated alkanes) is 18. The summed E-state index contributed by atoms with van der Waals surface area (Å²) >= 11 is 0. The van der Waals surface area contributed by atoms with E-state index in [0.29, 0.717) is 45.9 Å². The molecule has 1 aliphatic rings. The molecule has 472 valence electrons. The minimum absolute atomic E-state index is 0.0444. The molecule has 0 aromatic heterocycles. The van der Waals surface area contributed by atoms with Crippen LogP contribution in [0.5, 0.6) is 0 Å². The minimum Gasteiger partial charge on any atom is -0.396 e. The van der Waals surface area contributed by atoms with Crippen LogP contribution in [0.15, 0.2) is 176 Å². The van der Waals surface area contributed by atoms with Gasteiger partial charge in [0.05, 0.1) is 64.0 Å². The molecule has 1 amide bonds. The summed E-state index contributed by atoms with van der Waals surface area (Å²) < 4.78 is 56.0. The lowest BCUT2D eigenvalue weighted by Crippen LogP contribution is -2.59. The maximum atomic E-state index is 14.6. The lowest BCUT2D eigenvalue weighted by atomic mass is 9.80. The number of aliphatic hydroxyl groups is 1. The van der Waals surface area contributed by atoms with Crippen molar-refractivity contribution in [1.29, 1.82) is 0 Å². The number of aliphatic hydroxyl groups excluding tert-OH is 1. The SMILES string of the molecule is CCCCCCCCCCCCCC[C@@H](OCc1ccccc1)[C@@H](OCc1ccccc1)[C@H](CO[C@H]1C[C@H](CO)[C@H](OCc2ccccc2)[C@H](OCc2ccccc2)[C@H]1OCc1ccccc1)NC(=O)CCCCCCCCCCc1ccc(F)cc1.